The van der Waals surface area contributed by atoms with Gasteiger partial charge in [-0.25, -0.2) is 8.78 Å². The van der Waals surface area contributed by atoms with Crippen molar-refractivity contribution in [2.45, 2.75) is 25.3 Å². The summed E-state index contributed by atoms with van der Waals surface area (Å²) in [5.74, 6) is -1.14. The fraction of sp³-hybridized carbons (Fsp3) is 0.562. The van der Waals surface area contributed by atoms with E-state index in [1.165, 1.54) is 4.90 Å². The number of carbonyl (C=O) groups excluding carboxylic acids is 1. The summed E-state index contributed by atoms with van der Waals surface area (Å²) in [6, 6.07) is 2.83. The number of amides is 1. The Bertz CT molecular complexity index is 551. The predicted octanol–water partition coefficient (Wildman–Crippen LogP) is 2.24. The first-order valence-electron chi connectivity index (χ1n) is 7.71. The predicted molar refractivity (Wildman–Crippen MR) is 87.1 cm³/mol. The first kappa shape index (κ1) is 18.2. The third-order valence-electron chi connectivity index (χ3n) is 4.04. The fourth-order valence-corrected chi connectivity index (χ4v) is 3.59. The van der Waals surface area contributed by atoms with Gasteiger partial charge in [-0.05, 0) is 18.7 Å². The van der Waals surface area contributed by atoms with Crippen LogP contribution in [-0.4, -0.2) is 58.1 Å². The van der Waals surface area contributed by atoms with Crippen molar-refractivity contribution in [1.29, 1.82) is 0 Å². The number of hydrogen-bond acceptors (Lipinski definition) is 4. The van der Waals surface area contributed by atoms with E-state index in [4.69, 9.17) is 0 Å². The number of hydrogen-bond donors (Lipinski definition) is 1. The van der Waals surface area contributed by atoms with Crippen LogP contribution in [0.3, 0.4) is 0 Å². The van der Waals surface area contributed by atoms with E-state index < -0.39 is 23.6 Å². The van der Waals surface area contributed by atoms with Crippen LogP contribution < -0.4 is 0 Å². The van der Waals surface area contributed by atoms with Crippen LogP contribution >= 0.6 is 11.8 Å². The Balaban J connectivity index is 1.96. The Hall–Kier alpha value is -1.18. The fourth-order valence-electron chi connectivity index (χ4n) is 2.68. The van der Waals surface area contributed by atoms with Crippen LogP contribution in [0.5, 0.6) is 0 Å². The maximum Gasteiger partial charge on any atom is 0.256 e. The lowest BCUT2D eigenvalue weighted by Crippen LogP contribution is -2.51. The number of halogens is 2. The van der Waals surface area contributed by atoms with Crippen molar-refractivity contribution in [3.63, 3.8) is 0 Å². The van der Waals surface area contributed by atoms with Crippen LogP contribution in [0.15, 0.2) is 18.2 Å². The van der Waals surface area contributed by atoms with Gasteiger partial charge in [0.2, 0.25) is 0 Å². The van der Waals surface area contributed by atoms with Crippen molar-refractivity contribution < 1.29 is 18.7 Å². The Kier molecular flexibility index (Phi) is 6.38. The van der Waals surface area contributed by atoms with E-state index in [1.54, 1.807) is 0 Å². The maximum absolute atomic E-state index is 13.7. The lowest BCUT2D eigenvalue weighted by atomic mass is 10.1. The molecule has 1 amide bonds. The molecule has 1 N–H and O–H groups in total. The molecule has 2 unspecified atom stereocenters. The number of aliphatic hydroxyl groups excluding tert-OH is 1. The summed E-state index contributed by atoms with van der Waals surface area (Å²) in [6.45, 7) is 6.67. The molecule has 0 aliphatic carbocycles. The molecule has 23 heavy (non-hydrogen) atoms. The number of thioether (sulfide) groups is 1. The molecule has 1 aromatic carbocycles. The molecule has 2 atom stereocenters. The van der Waals surface area contributed by atoms with Gasteiger partial charge in [0.05, 0.1) is 5.37 Å². The lowest BCUT2D eigenvalue weighted by molar-refractivity contribution is -0.142. The highest BCUT2D eigenvalue weighted by Gasteiger charge is 2.29. The van der Waals surface area contributed by atoms with Gasteiger partial charge in [0.25, 0.3) is 5.91 Å². The number of piperazine rings is 1. The number of benzene rings is 1. The summed E-state index contributed by atoms with van der Waals surface area (Å²) < 4.78 is 26.6. The molecule has 0 spiro atoms. The molecule has 7 heteroatoms. The molecule has 1 aliphatic rings. The van der Waals surface area contributed by atoms with Crippen LogP contribution in [0.4, 0.5) is 8.78 Å². The highest BCUT2D eigenvalue weighted by molar-refractivity contribution is 7.99. The normalized spacial score (nSPS) is 18.7. The summed E-state index contributed by atoms with van der Waals surface area (Å²) in [6.07, 6.45) is -1.59. The van der Waals surface area contributed by atoms with Gasteiger partial charge in [0.15, 0.2) is 6.10 Å². The minimum Gasteiger partial charge on any atom is -0.378 e. The summed E-state index contributed by atoms with van der Waals surface area (Å²) in [7, 11) is 0. The van der Waals surface area contributed by atoms with Crippen LogP contribution in [0.1, 0.15) is 25.5 Å². The van der Waals surface area contributed by atoms with Gasteiger partial charge >= 0.3 is 0 Å². The van der Waals surface area contributed by atoms with E-state index in [-0.39, 0.29) is 5.56 Å². The van der Waals surface area contributed by atoms with E-state index >= 15 is 0 Å². The Morgan fingerprint density at radius 3 is 2.52 bits per heavy atom. The van der Waals surface area contributed by atoms with Crippen LogP contribution in [0, 0.1) is 11.6 Å². The number of carbonyl (C=O) groups is 1. The SMILES string of the molecule is CCSC(C)N1CCN(C(=O)C(O)c2ccc(F)cc2F)CC1. The van der Waals surface area contributed by atoms with Crippen molar-refractivity contribution >= 4 is 17.7 Å². The van der Waals surface area contributed by atoms with Gasteiger partial charge in [0, 0.05) is 37.8 Å². The molecule has 128 valence electrons. The second kappa shape index (κ2) is 8.08. The molecule has 1 aliphatic heterocycles. The zero-order valence-electron chi connectivity index (χ0n) is 13.3. The number of rotatable bonds is 5. The molecular formula is C16H22F2N2O2S. The van der Waals surface area contributed by atoms with Gasteiger partial charge in [-0.2, -0.15) is 0 Å². The lowest BCUT2D eigenvalue weighted by Gasteiger charge is -2.38. The second-order valence-corrected chi connectivity index (χ2v) is 7.08. The van der Waals surface area contributed by atoms with Crippen molar-refractivity contribution in [2.75, 3.05) is 31.9 Å². The Labute approximate surface area is 139 Å². The quantitative estimate of drug-likeness (QED) is 0.890. The maximum atomic E-state index is 13.7. The molecule has 4 nitrogen and oxygen atoms in total. The summed E-state index contributed by atoms with van der Waals surface area (Å²) >= 11 is 1.84. The molecule has 1 heterocycles. The first-order valence-corrected chi connectivity index (χ1v) is 8.76. The second-order valence-electron chi connectivity index (χ2n) is 5.48. The zero-order chi connectivity index (χ0) is 17.0. The standard InChI is InChI=1S/C16H22F2N2O2S/c1-3-23-11(2)19-6-8-20(9-7-19)16(22)15(21)13-5-4-12(17)10-14(13)18/h4-5,10-11,15,21H,3,6-9H2,1-2H3. The van der Waals surface area contributed by atoms with Crippen molar-refractivity contribution in [3.05, 3.63) is 35.4 Å². The molecule has 0 saturated carbocycles. The van der Waals surface area contributed by atoms with Crippen molar-refractivity contribution in [1.82, 2.24) is 9.80 Å². The van der Waals surface area contributed by atoms with Crippen LogP contribution in [0.25, 0.3) is 0 Å². The first-order chi connectivity index (χ1) is 10.9. The molecule has 1 fully saturated rings. The topological polar surface area (TPSA) is 43.8 Å². The molecular weight excluding hydrogens is 322 g/mol. The van der Waals surface area contributed by atoms with Crippen molar-refractivity contribution in [3.8, 4) is 0 Å². The summed E-state index contributed by atoms with van der Waals surface area (Å²) in [5, 5.41) is 10.5. The van der Waals surface area contributed by atoms with E-state index in [0.29, 0.717) is 24.5 Å². The van der Waals surface area contributed by atoms with Gasteiger partial charge in [0.1, 0.15) is 11.6 Å². The largest absolute Gasteiger partial charge is 0.378 e. The molecule has 2 rings (SSSR count). The highest BCUT2D eigenvalue weighted by atomic mass is 32.2. The molecule has 0 radical (unpaired) electrons. The highest BCUT2D eigenvalue weighted by Crippen LogP contribution is 2.22. The van der Waals surface area contributed by atoms with E-state index in [1.807, 2.05) is 11.8 Å². The third kappa shape index (κ3) is 4.43. The van der Waals surface area contributed by atoms with Crippen molar-refractivity contribution in [2.24, 2.45) is 0 Å². The Morgan fingerprint density at radius 1 is 1.30 bits per heavy atom. The van der Waals surface area contributed by atoms with Gasteiger partial charge in [-0.3, -0.25) is 9.69 Å². The minimum atomic E-state index is -1.59. The number of nitrogens with zero attached hydrogens (tertiary/aromatic N) is 2. The average Bonchev–Trinajstić information content (AvgIpc) is 2.54. The van der Waals surface area contributed by atoms with Crippen LogP contribution in [-0.2, 0) is 4.79 Å². The van der Waals surface area contributed by atoms with E-state index in [2.05, 4.69) is 18.7 Å². The van der Waals surface area contributed by atoms with Gasteiger partial charge < -0.3 is 10.0 Å². The summed E-state index contributed by atoms with van der Waals surface area (Å²) in [5.41, 5.74) is -0.186. The number of aliphatic hydroxyl groups is 1. The molecule has 1 aromatic rings. The average molecular weight is 344 g/mol. The van der Waals surface area contributed by atoms with E-state index in [0.717, 1.165) is 31.0 Å². The molecule has 0 aromatic heterocycles. The van der Waals surface area contributed by atoms with Gasteiger partial charge in [-0.15, -0.1) is 11.8 Å². The Morgan fingerprint density at radius 2 is 1.96 bits per heavy atom. The monoisotopic (exact) mass is 344 g/mol. The summed E-state index contributed by atoms with van der Waals surface area (Å²) in [4.78, 5) is 16.1. The molecule has 1 saturated heterocycles. The smallest absolute Gasteiger partial charge is 0.256 e. The third-order valence-corrected chi connectivity index (χ3v) is 5.15. The van der Waals surface area contributed by atoms with E-state index in [9.17, 15) is 18.7 Å². The molecule has 0 bridgehead atoms. The van der Waals surface area contributed by atoms with Gasteiger partial charge in [-0.1, -0.05) is 13.0 Å². The minimum absolute atomic E-state index is 0.186. The van der Waals surface area contributed by atoms with Crippen LogP contribution in [0.2, 0.25) is 0 Å². The zero-order valence-corrected chi connectivity index (χ0v) is 14.2.